The van der Waals surface area contributed by atoms with Gasteiger partial charge in [-0.1, -0.05) is 50.2 Å². The second-order valence-corrected chi connectivity index (χ2v) is 10.5. The van der Waals surface area contributed by atoms with Crippen LogP contribution >= 0.6 is 0 Å². The van der Waals surface area contributed by atoms with Gasteiger partial charge in [0.2, 0.25) is 0 Å². The lowest BCUT2D eigenvalue weighted by atomic mass is 9.96. The summed E-state index contributed by atoms with van der Waals surface area (Å²) < 4.78 is 38.5. The molecule has 8 nitrogen and oxygen atoms in total. The van der Waals surface area contributed by atoms with Gasteiger partial charge in [-0.15, -0.1) is 0 Å². The van der Waals surface area contributed by atoms with Gasteiger partial charge >= 0.3 is 5.97 Å². The first-order valence-corrected chi connectivity index (χ1v) is 11.8. The third kappa shape index (κ3) is 4.38. The zero-order chi connectivity index (χ0) is 22.9. The predicted molar refractivity (Wildman–Crippen MR) is 118 cm³/mol. The van der Waals surface area contributed by atoms with E-state index < -0.39 is 16.0 Å². The molecule has 0 aliphatic carbocycles. The van der Waals surface area contributed by atoms with Crippen molar-refractivity contribution in [3.8, 4) is 0 Å². The Hall–Kier alpha value is -3.20. The fraction of sp³-hybridized carbons (Fsp3) is 0.348. The molecular formula is C23H25N3O5S. The standard InChI is InChI=1S/C23H25N3O5S/c1-23(2,3)22-24-20(31-25-22)15-30-21(27)17-9-6-11-18(14-17)32(28,29)26-13-7-10-16-8-4-5-12-19(16)26/h4-6,8-9,11-12,14H,7,10,13,15H2,1-3H3. The third-order valence-corrected chi connectivity index (χ3v) is 7.00. The summed E-state index contributed by atoms with van der Waals surface area (Å²) in [7, 11) is -3.83. The van der Waals surface area contributed by atoms with Crippen molar-refractivity contribution in [1.82, 2.24) is 10.1 Å². The van der Waals surface area contributed by atoms with Crippen LogP contribution in [0.4, 0.5) is 5.69 Å². The quantitative estimate of drug-likeness (QED) is 0.538. The largest absolute Gasteiger partial charge is 0.452 e. The second-order valence-electron chi connectivity index (χ2n) is 8.68. The van der Waals surface area contributed by atoms with Crippen LogP contribution in [0.2, 0.25) is 0 Å². The minimum atomic E-state index is -3.83. The molecule has 2 aromatic carbocycles. The maximum absolute atomic E-state index is 13.3. The first-order chi connectivity index (χ1) is 15.2. The maximum atomic E-state index is 13.3. The van der Waals surface area contributed by atoms with Crippen LogP contribution in [-0.4, -0.2) is 31.1 Å². The smallest absolute Gasteiger partial charge is 0.338 e. The van der Waals surface area contributed by atoms with Crippen LogP contribution < -0.4 is 4.31 Å². The number of benzene rings is 2. The highest BCUT2D eigenvalue weighted by atomic mass is 32.2. The number of esters is 1. The van der Waals surface area contributed by atoms with E-state index in [0.29, 0.717) is 18.1 Å². The summed E-state index contributed by atoms with van der Waals surface area (Å²) in [4.78, 5) is 16.8. The van der Waals surface area contributed by atoms with E-state index in [-0.39, 0.29) is 28.4 Å². The number of fused-ring (bicyclic) bond motifs is 1. The van der Waals surface area contributed by atoms with Gasteiger partial charge in [-0.3, -0.25) is 4.31 Å². The van der Waals surface area contributed by atoms with Crippen molar-refractivity contribution in [1.29, 1.82) is 0 Å². The van der Waals surface area contributed by atoms with Crippen LogP contribution in [0.1, 0.15) is 54.8 Å². The molecule has 0 N–H and O–H groups in total. The number of carbonyl (C=O) groups is 1. The molecule has 0 bridgehead atoms. The SMILES string of the molecule is CC(C)(C)c1noc(COC(=O)c2cccc(S(=O)(=O)N3CCCc4ccccc43)c2)n1. The number of hydrogen-bond acceptors (Lipinski definition) is 7. The highest BCUT2D eigenvalue weighted by Crippen LogP contribution is 2.32. The van der Waals surface area contributed by atoms with Crippen molar-refractivity contribution in [3.05, 3.63) is 71.4 Å². The highest BCUT2D eigenvalue weighted by molar-refractivity contribution is 7.92. The molecule has 0 atom stereocenters. The van der Waals surface area contributed by atoms with Crippen molar-refractivity contribution in [3.63, 3.8) is 0 Å². The molecule has 9 heteroatoms. The van der Waals surface area contributed by atoms with Crippen LogP contribution in [0, 0.1) is 0 Å². The predicted octanol–water partition coefficient (Wildman–Crippen LogP) is 3.87. The lowest BCUT2D eigenvalue weighted by Crippen LogP contribution is -2.35. The lowest BCUT2D eigenvalue weighted by molar-refractivity contribution is 0.0429. The van der Waals surface area contributed by atoms with Crippen LogP contribution in [0.3, 0.4) is 0 Å². The van der Waals surface area contributed by atoms with E-state index >= 15 is 0 Å². The minimum absolute atomic E-state index is 0.0384. The highest BCUT2D eigenvalue weighted by Gasteiger charge is 2.29. The zero-order valence-corrected chi connectivity index (χ0v) is 19.1. The molecule has 0 unspecified atom stereocenters. The Balaban J connectivity index is 1.52. The van der Waals surface area contributed by atoms with Gasteiger partial charge in [-0.05, 0) is 42.7 Å². The average Bonchev–Trinajstić information content (AvgIpc) is 3.27. The summed E-state index contributed by atoms with van der Waals surface area (Å²) in [5.41, 5.74) is 1.51. The summed E-state index contributed by atoms with van der Waals surface area (Å²) in [6.45, 7) is 6.03. The molecule has 0 fully saturated rings. The molecule has 1 aromatic heterocycles. The van der Waals surface area contributed by atoms with Crippen molar-refractivity contribution >= 4 is 21.7 Å². The molecule has 0 radical (unpaired) electrons. The molecule has 32 heavy (non-hydrogen) atoms. The van der Waals surface area contributed by atoms with Gasteiger partial charge in [0, 0.05) is 12.0 Å². The van der Waals surface area contributed by atoms with E-state index in [9.17, 15) is 13.2 Å². The number of anilines is 1. The number of ether oxygens (including phenoxy) is 1. The average molecular weight is 456 g/mol. The molecule has 4 rings (SSSR count). The molecule has 168 valence electrons. The molecule has 1 aliphatic rings. The van der Waals surface area contributed by atoms with Crippen LogP contribution in [0.25, 0.3) is 0 Å². The van der Waals surface area contributed by atoms with Crippen molar-refractivity contribution in [2.75, 3.05) is 10.8 Å². The van der Waals surface area contributed by atoms with Gasteiger partial charge < -0.3 is 9.26 Å². The number of para-hydroxylation sites is 1. The van der Waals surface area contributed by atoms with Gasteiger partial charge in [0.1, 0.15) is 0 Å². The lowest BCUT2D eigenvalue weighted by Gasteiger charge is -2.30. The van der Waals surface area contributed by atoms with E-state index in [1.807, 2.05) is 39.0 Å². The number of hydrogen-bond donors (Lipinski definition) is 0. The first-order valence-electron chi connectivity index (χ1n) is 10.4. The van der Waals surface area contributed by atoms with Gasteiger partial charge in [0.15, 0.2) is 12.4 Å². The number of carbonyl (C=O) groups excluding carboxylic acids is 1. The summed E-state index contributed by atoms with van der Waals surface area (Å²) in [6.07, 6.45) is 1.57. The molecule has 3 aromatic rings. The number of aromatic nitrogens is 2. The van der Waals surface area contributed by atoms with Crippen molar-refractivity contribution in [2.24, 2.45) is 0 Å². The normalized spacial score (nSPS) is 14.2. The van der Waals surface area contributed by atoms with Gasteiger partial charge in [-0.2, -0.15) is 4.98 Å². The Morgan fingerprint density at radius 3 is 2.69 bits per heavy atom. The number of sulfonamides is 1. The topological polar surface area (TPSA) is 103 Å². The Morgan fingerprint density at radius 1 is 1.16 bits per heavy atom. The monoisotopic (exact) mass is 455 g/mol. The van der Waals surface area contributed by atoms with Crippen LogP contribution in [-0.2, 0) is 33.2 Å². The van der Waals surface area contributed by atoms with Gasteiger partial charge in [0.05, 0.1) is 16.1 Å². The Kier molecular flexibility index (Phi) is 5.77. The summed E-state index contributed by atoms with van der Waals surface area (Å²) in [5, 5.41) is 3.89. The summed E-state index contributed by atoms with van der Waals surface area (Å²) in [5.74, 6) is 0.0204. The molecule has 2 heterocycles. The fourth-order valence-corrected chi connectivity index (χ4v) is 5.08. The number of rotatable bonds is 5. The van der Waals surface area contributed by atoms with Gasteiger partial charge in [0.25, 0.3) is 15.9 Å². The van der Waals surface area contributed by atoms with E-state index in [0.717, 1.165) is 18.4 Å². The number of aryl methyl sites for hydroxylation is 1. The van der Waals surface area contributed by atoms with Crippen molar-refractivity contribution in [2.45, 2.75) is 50.5 Å². The molecule has 1 aliphatic heterocycles. The number of nitrogens with zero attached hydrogens (tertiary/aromatic N) is 3. The molecule has 0 spiro atoms. The Bertz CT molecular complexity index is 1240. The van der Waals surface area contributed by atoms with Crippen LogP contribution in [0.15, 0.2) is 57.9 Å². The Morgan fingerprint density at radius 2 is 1.94 bits per heavy atom. The second kappa shape index (κ2) is 8.38. The van der Waals surface area contributed by atoms with E-state index in [1.165, 1.54) is 28.6 Å². The zero-order valence-electron chi connectivity index (χ0n) is 18.2. The molecule has 0 amide bonds. The summed E-state index contributed by atoms with van der Waals surface area (Å²) >= 11 is 0. The van der Waals surface area contributed by atoms with Gasteiger partial charge in [-0.25, -0.2) is 13.2 Å². The van der Waals surface area contributed by atoms with E-state index in [1.54, 1.807) is 6.07 Å². The maximum Gasteiger partial charge on any atom is 0.338 e. The fourth-order valence-electron chi connectivity index (χ4n) is 3.49. The first kappa shape index (κ1) is 22.0. The van der Waals surface area contributed by atoms with E-state index in [2.05, 4.69) is 10.1 Å². The van der Waals surface area contributed by atoms with Crippen LogP contribution in [0.5, 0.6) is 0 Å². The molecular weight excluding hydrogens is 430 g/mol. The molecule has 0 saturated heterocycles. The third-order valence-electron chi connectivity index (χ3n) is 5.19. The van der Waals surface area contributed by atoms with E-state index in [4.69, 9.17) is 9.26 Å². The van der Waals surface area contributed by atoms with Crippen molar-refractivity contribution < 1.29 is 22.5 Å². The Labute approximate surface area is 187 Å². The minimum Gasteiger partial charge on any atom is -0.452 e. The summed E-state index contributed by atoms with van der Waals surface area (Å²) in [6, 6.07) is 13.3. The molecule has 0 saturated carbocycles.